The number of pyridine rings is 1. The van der Waals surface area contributed by atoms with Crippen molar-refractivity contribution in [1.82, 2.24) is 4.98 Å². The number of benzene rings is 2. The number of nitrogens with zero attached hydrogens (tertiary/aromatic N) is 3. The minimum Gasteiger partial charge on any atom is -0.435 e. The van der Waals surface area contributed by atoms with Crippen molar-refractivity contribution in [2.24, 2.45) is 0 Å². The van der Waals surface area contributed by atoms with Crippen LogP contribution in [-0.2, 0) is 0 Å². The van der Waals surface area contributed by atoms with E-state index in [1.165, 1.54) is 36.4 Å². The van der Waals surface area contributed by atoms with Crippen LogP contribution in [0.5, 0.6) is 5.75 Å². The maximum Gasteiger partial charge on any atom is 0.387 e. The van der Waals surface area contributed by atoms with Crippen molar-refractivity contribution in [1.29, 1.82) is 5.26 Å². The molecule has 1 N–H and O–H groups in total. The number of nitrogens with one attached hydrogen (secondary N) is 1. The normalized spacial score (nSPS) is 11.8. The van der Waals surface area contributed by atoms with Gasteiger partial charge in [-0.05, 0) is 36.8 Å². The van der Waals surface area contributed by atoms with Crippen molar-refractivity contribution < 1.29 is 18.4 Å². The smallest absolute Gasteiger partial charge is 0.387 e. The van der Waals surface area contributed by atoms with E-state index < -0.39 is 11.5 Å². The lowest BCUT2D eigenvalue weighted by Gasteiger charge is -2.17. The Labute approximate surface area is 158 Å². The van der Waals surface area contributed by atoms with Crippen molar-refractivity contribution >= 4 is 22.4 Å². The summed E-state index contributed by atoms with van der Waals surface area (Å²) in [7, 11) is 0. The molecule has 9 heteroatoms. The lowest BCUT2D eigenvalue weighted by Crippen LogP contribution is -2.09. The highest BCUT2D eigenvalue weighted by Crippen LogP contribution is 2.27. The molecule has 1 unspecified atom stereocenters. The summed E-state index contributed by atoms with van der Waals surface area (Å²) in [6.07, 6.45) is 0. The molecule has 0 aliphatic heterocycles. The first-order valence-electron chi connectivity index (χ1n) is 8.18. The Morgan fingerprint density at radius 3 is 2.71 bits per heavy atom. The predicted molar refractivity (Wildman–Crippen MR) is 98.2 cm³/mol. The van der Waals surface area contributed by atoms with E-state index in [4.69, 9.17) is 0 Å². The summed E-state index contributed by atoms with van der Waals surface area (Å²) >= 11 is 0. The van der Waals surface area contributed by atoms with Gasteiger partial charge < -0.3 is 10.1 Å². The fraction of sp³-hybridized carbons (Fsp3) is 0.158. The molecule has 28 heavy (non-hydrogen) atoms. The van der Waals surface area contributed by atoms with E-state index in [2.05, 4.69) is 15.0 Å². The van der Waals surface area contributed by atoms with Crippen molar-refractivity contribution in [2.75, 3.05) is 5.32 Å². The first kappa shape index (κ1) is 19.0. The third-order valence-electron chi connectivity index (χ3n) is 4.07. The van der Waals surface area contributed by atoms with Crippen LogP contribution in [0.4, 0.5) is 20.3 Å². The summed E-state index contributed by atoms with van der Waals surface area (Å²) in [6.45, 7) is -1.11. The van der Waals surface area contributed by atoms with E-state index in [9.17, 15) is 24.2 Å². The van der Waals surface area contributed by atoms with Crippen molar-refractivity contribution in [3.05, 3.63) is 69.8 Å². The van der Waals surface area contributed by atoms with Crippen molar-refractivity contribution in [3.8, 4) is 11.8 Å². The molecule has 1 atom stereocenters. The Hall–Kier alpha value is -3.80. The molecule has 1 aromatic heterocycles. The van der Waals surface area contributed by atoms with Crippen LogP contribution in [0.15, 0.2) is 48.5 Å². The highest BCUT2D eigenvalue weighted by Gasteiger charge is 2.14. The Bertz CT molecular complexity index is 1080. The standard InChI is InChI=1S/C19H14F2N4O3/c1-11(12-3-2-4-15(7-12)28-19(20)21)23-18-8-13(10-22)16-9-14(25(26)27)5-6-17(16)24-18/h2-9,11,19H,1H3,(H,23,24). The molecular weight excluding hydrogens is 370 g/mol. The van der Waals surface area contributed by atoms with E-state index in [0.29, 0.717) is 22.3 Å². The molecule has 0 saturated heterocycles. The fourth-order valence-corrected chi connectivity index (χ4v) is 2.76. The van der Waals surface area contributed by atoms with Crippen LogP contribution >= 0.6 is 0 Å². The van der Waals surface area contributed by atoms with Crippen LogP contribution in [-0.4, -0.2) is 16.5 Å². The Morgan fingerprint density at radius 1 is 1.25 bits per heavy atom. The molecule has 142 valence electrons. The molecule has 0 fully saturated rings. The van der Waals surface area contributed by atoms with Crippen molar-refractivity contribution in [2.45, 2.75) is 19.6 Å². The van der Waals surface area contributed by atoms with E-state index in [1.54, 1.807) is 19.1 Å². The molecule has 7 nitrogen and oxygen atoms in total. The molecule has 0 saturated carbocycles. The van der Waals surface area contributed by atoms with Gasteiger partial charge in [-0.3, -0.25) is 10.1 Å². The number of anilines is 1. The Morgan fingerprint density at radius 2 is 2.04 bits per heavy atom. The SMILES string of the molecule is CC(Nc1cc(C#N)c2cc([N+](=O)[O-])ccc2n1)c1cccc(OC(F)F)c1. The van der Waals surface area contributed by atoms with Gasteiger partial charge in [0.1, 0.15) is 11.6 Å². The van der Waals surface area contributed by atoms with Gasteiger partial charge in [-0.1, -0.05) is 12.1 Å². The number of rotatable bonds is 6. The largest absolute Gasteiger partial charge is 0.435 e. The van der Waals surface area contributed by atoms with Gasteiger partial charge in [0.15, 0.2) is 0 Å². The zero-order chi connectivity index (χ0) is 20.3. The number of aromatic nitrogens is 1. The van der Waals surface area contributed by atoms with Gasteiger partial charge in [0.25, 0.3) is 5.69 Å². The number of non-ortho nitro benzene ring substituents is 1. The highest BCUT2D eigenvalue weighted by atomic mass is 19.3. The molecule has 3 rings (SSSR count). The second kappa shape index (κ2) is 7.84. The number of alkyl halides is 2. The molecule has 0 spiro atoms. The second-order valence-electron chi connectivity index (χ2n) is 5.94. The van der Waals surface area contributed by atoms with E-state index in [0.717, 1.165) is 0 Å². The lowest BCUT2D eigenvalue weighted by atomic mass is 10.1. The number of halogens is 2. The Kier molecular flexibility index (Phi) is 5.31. The molecular formula is C19H14F2N4O3. The van der Waals surface area contributed by atoms with Crippen molar-refractivity contribution in [3.63, 3.8) is 0 Å². The van der Waals surface area contributed by atoms with E-state index in [-0.39, 0.29) is 23.0 Å². The molecule has 3 aromatic rings. The van der Waals surface area contributed by atoms with Gasteiger partial charge >= 0.3 is 6.61 Å². The first-order chi connectivity index (χ1) is 13.4. The minimum atomic E-state index is -2.91. The molecule has 0 aliphatic rings. The number of fused-ring (bicyclic) bond motifs is 1. The van der Waals surface area contributed by atoms with Gasteiger partial charge in [0.2, 0.25) is 0 Å². The van der Waals surface area contributed by atoms with Crippen LogP contribution in [0, 0.1) is 21.4 Å². The summed E-state index contributed by atoms with van der Waals surface area (Å²) in [5.41, 5.74) is 1.21. The lowest BCUT2D eigenvalue weighted by molar-refractivity contribution is -0.384. The average molecular weight is 384 g/mol. The second-order valence-corrected chi connectivity index (χ2v) is 5.94. The zero-order valence-electron chi connectivity index (χ0n) is 14.6. The number of ether oxygens (including phenoxy) is 1. The summed E-state index contributed by atoms with van der Waals surface area (Å²) < 4.78 is 29.2. The first-order valence-corrected chi connectivity index (χ1v) is 8.18. The predicted octanol–water partition coefficient (Wildman–Crippen LogP) is 4.79. The third-order valence-corrected chi connectivity index (χ3v) is 4.07. The van der Waals surface area contributed by atoms with Gasteiger partial charge in [-0.25, -0.2) is 4.98 Å². The maximum atomic E-state index is 12.4. The summed E-state index contributed by atoms with van der Waals surface area (Å²) in [4.78, 5) is 14.8. The monoisotopic (exact) mass is 384 g/mol. The number of nitriles is 1. The molecule has 1 heterocycles. The van der Waals surface area contributed by atoms with Crippen LogP contribution in [0.25, 0.3) is 10.9 Å². The molecule has 0 bridgehead atoms. The van der Waals surface area contributed by atoms with Crippen LogP contribution in [0.2, 0.25) is 0 Å². The topological polar surface area (TPSA) is 101 Å². The molecule has 0 amide bonds. The summed E-state index contributed by atoms with van der Waals surface area (Å²) in [5.74, 6) is 0.420. The third kappa shape index (κ3) is 4.12. The van der Waals surface area contributed by atoms with Gasteiger partial charge in [0.05, 0.1) is 28.1 Å². The molecule has 2 aromatic carbocycles. The number of nitro benzene ring substituents is 1. The van der Waals surface area contributed by atoms with Gasteiger partial charge in [-0.15, -0.1) is 0 Å². The maximum absolute atomic E-state index is 12.4. The van der Waals surface area contributed by atoms with Gasteiger partial charge in [-0.2, -0.15) is 14.0 Å². The summed E-state index contributed by atoms with van der Waals surface area (Å²) in [6, 6.07) is 13.5. The highest BCUT2D eigenvalue weighted by molar-refractivity contribution is 5.88. The molecule has 0 aliphatic carbocycles. The minimum absolute atomic E-state index is 0.0395. The number of hydrogen-bond donors (Lipinski definition) is 1. The fourth-order valence-electron chi connectivity index (χ4n) is 2.76. The summed E-state index contributed by atoms with van der Waals surface area (Å²) in [5, 5.41) is 23.8. The van der Waals surface area contributed by atoms with E-state index >= 15 is 0 Å². The average Bonchev–Trinajstić information content (AvgIpc) is 2.66. The molecule has 0 radical (unpaired) electrons. The van der Waals surface area contributed by atoms with Gasteiger partial charge in [0, 0.05) is 17.5 Å². The number of hydrogen-bond acceptors (Lipinski definition) is 6. The van der Waals surface area contributed by atoms with Crippen LogP contribution in [0.1, 0.15) is 24.1 Å². The quantitative estimate of drug-likeness (QED) is 0.484. The van der Waals surface area contributed by atoms with Crippen LogP contribution < -0.4 is 10.1 Å². The number of nitro groups is 1. The van der Waals surface area contributed by atoms with Crippen LogP contribution in [0.3, 0.4) is 0 Å². The Balaban J connectivity index is 1.91. The van der Waals surface area contributed by atoms with E-state index in [1.807, 2.05) is 6.07 Å². The zero-order valence-corrected chi connectivity index (χ0v) is 14.6.